The van der Waals surface area contributed by atoms with E-state index in [1.54, 1.807) is 31.4 Å². The summed E-state index contributed by atoms with van der Waals surface area (Å²) in [5, 5.41) is 7.26. The van der Waals surface area contributed by atoms with Gasteiger partial charge in [0.1, 0.15) is 17.3 Å². The molecule has 0 atom stereocenters. The van der Waals surface area contributed by atoms with Crippen molar-refractivity contribution < 1.29 is 14.3 Å². The van der Waals surface area contributed by atoms with Gasteiger partial charge in [0.15, 0.2) is 0 Å². The van der Waals surface area contributed by atoms with Crippen molar-refractivity contribution in [2.45, 2.75) is 20.8 Å². The zero-order valence-electron chi connectivity index (χ0n) is 15.9. The molecule has 2 heterocycles. The lowest BCUT2D eigenvalue weighted by atomic mass is 10.1. The Balaban J connectivity index is 1.96. The van der Waals surface area contributed by atoms with Crippen LogP contribution in [0.15, 0.2) is 30.3 Å². The van der Waals surface area contributed by atoms with Crippen LogP contribution in [0.2, 0.25) is 0 Å². The molecule has 0 radical (unpaired) electrons. The minimum absolute atomic E-state index is 0.333. The molecule has 0 bridgehead atoms. The van der Waals surface area contributed by atoms with Crippen molar-refractivity contribution in [3.05, 3.63) is 53.0 Å². The average molecular weight is 367 g/mol. The largest absolute Gasteiger partial charge is 0.497 e. The number of carbonyl (C=O) groups excluding carboxylic acids is 1. The Morgan fingerprint density at radius 1 is 0.963 bits per heavy atom. The van der Waals surface area contributed by atoms with E-state index in [0.717, 1.165) is 17.1 Å². The number of rotatable bonds is 5. The van der Waals surface area contributed by atoms with Gasteiger partial charge in [-0.1, -0.05) is 0 Å². The Morgan fingerprint density at radius 3 is 2.30 bits per heavy atom. The lowest BCUT2D eigenvalue weighted by Crippen LogP contribution is -2.17. The van der Waals surface area contributed by atoms with Crippen molar-refractivity contribution in [3.63, 3.8) is 0 Å². The molecule has 3 aromatic rings. The number of benzene rings is 1. The van der Waals surface area contributed by atoms with Crippen molar-refractivity contribution in [1.29, 1.82) is 0 Å². The molecule has 0 unspecified atom stereocenters. The molecule has 1 aromatic carbocycles. The summed E-state index contributed by atoms with van der Waals surface area (Å²) >= 11 is 0. The molecule has 8 heteroatoms. The standard InChI is InChI=1S/C19H21N5O3/c1-11-8-12(2)21-19(20-11)24-17(9-13(3)23-24)22-18(25)15-7-6-14(26-4)10-16(15)27-5/h6-10H,1-5H3,(H,22,25). The van der Waals surface area contributed by atoms with Gasteiger partial charge in [0, 0.05) is 23.5 Å². The number of nitrogens with zero attached hydrogens (tertiary/aromatic N) is 4. The van der Waals surface area contributed by atoms with E-state index in [1.807, 2.05) is 26.8 Å². The van der Waals surface area contributed by atoms with Crippen LogP contribution in [-0.4, -0.2) is 39.9 Å². The molecule has 27 heavy (non-hydrogen) atoms. The highest BCUT2D eigenvalue weighted by Gasteiger charge is 2.18. The number of aryl methyl sites for hydroxylation is 3. The second kappa shape index (κ2) is 7.45. The third-order valence-corrected chi connectivity index (χ3v) is 3.89. The highest BCUT2D eigenvalue weighted by atomic mass is 16.5. The van der Waals surface area contributed by atoms with Crippen molar-refractivity contribution in [2.75, 3.05) is 19.5 Å². The van der Waals surface area contributed by atoms with Gasteiger partial charge in [0.2, 0.25) is 0 Å². The molecule has 3 rings (SSSR count). The summed E-state index contributed by atoms with van der Waals surface area (Å²) in [6, 6.07) is 8.64. The Kier molecular flexibility index (Phi) is 5.07. The number of carbonyl (C=O) groups is 1. The van der Waals surface area contributed by atoms with Crippen LogP contribution in [0, 0.1) is 20.8 Å². The summed E-state index contributed by atoms with van der Waals surface area (Å²) in [4.78, 5) is 21.6. The van der Waals surface area contributed by atoms with Crippen LogP contribution < -0.4 is 14.8 Å². The molecule has 0 aliphatic heterocycles. The van der Waals surface area contributed by atoms with Crippen molar-refractivity contribution in [1.82, 2.24) is 19.7 Å². The van der Waals surface area contributed by atoms with Crippen LogP contribution in [0.25, 0.3) is 5.95 Å². The molecule has 1 N–H and O–H groups in total. The van der Waals surface area contributed by atoms with Crippen molar-refractivity contribution >= 4 is 11.7 Å². The molecule has 0 fully saturated rings. The van der Waals surface area contributed by atoms with Gasteiger partial charge in [-0.15, -0.1) is 0 Å². The quantitative estimate of drug-likeness (QED) is 0.746. The summed E-state index contributed by atoms with van der Waals surface area (Å²) in [6.07, 6.45) is 0. The van der Waals surface area contributed by atoms with E-state index in [-0.39, 0.29) is 5.91 Å². The summed E-state index contributed by atoms with van der Waals surface area (Å²) in [6.45, 7) is 5.60. The highest BCUT2D eigenvalue weighted by Crippen LogP contribution is 2.26. The molecule has 2 aromatic heterocycles. The first-order valence-corrected chi connectivity index (χ1v) is 8.34. The van der Waals surface area contributed by atoms with Gasteiger partial charge < -0.3 is 14.8 Å². The molecule has 0 aliphatic carbocycles. The Labute approximate surface area is 157 Å². The molecule has 1 amide bonds. The van der Waals surface area contributed by atoms with Gasteiger partial charge in [-0.05, 0) is 39.0 Å². The first kappa shape index (κ1) is 18.4. The summed E-state index contributed by atoms with van der Waals surface area (Å²) < 4.78 is 12.0. The predicted octanol–water partition coefficient (Wildman–Crippen LogP) is 2.86. The molecular formula is C19H21N5O3. The van der Waals surface area contributed by atoms with Gasteiger partial charge >= 0.3 is 0 Å². The van der Waals surface area contributed by atoms with E-state index in [1.165, 1.54) is 11.8 Å². The third-order valence-electron chi connectivity index (χ3n) is 3.89. The SMILES string of the molecule is COc1ccc(C(=O)Nc2cc(C)nn2-c2nc(C)cc(C)n2)c(OC)c1. The zero-order valence-corrected chi connectivity index (χ0v) is 15.9. The summed E-state index contributed by atoms with van der Waals surface area (Å²) in [7, 11) is 3.06. The number of anilines is 1. The Hall–Kier alpha value is -3.42. The lowest BCUT2D eigenvalue weighted by Gasteiger charge is -2.12. The number of nitrogens with one attached hydrogen (secondary N) is 1. The molecule has 8 nitrogen and oxygen atoms in total. The maximum Gasteiger partial charge on any atom is 0.260 e. The fourth-order valence-electron chi connectivity index (χ4n) is 2.71. The minimum Gasteiger partial charge on any atom is -0.497 e. The van der Waals surface area contributed by atoms with Crippen molar-refractivity contribution in [3.8, 4) is 17.4 Å². The molecular weight excluding hydrogens is 346 g/mol. The zero-order chi connectivity index (χ0) is 19.6. The predicted molar refractivity (Wildman–Crippen MR) is 101 cm³/mol. The number of aromatic nitrogens is 4. The number of methoxy groups -OCH3 is 2. The van der Waals surface area contributed by atoms with Crippen LogP contribution in [0.1, 0.15) is 27.4 Å². The molecule has 0 saturated carbocycles. The first-order valence-electron chi connectivity index (χ1n) is 8.34. The van der Waals surface area contributed by atoms with Crippen LogP contribution >= 0.6 is 0 Å². The Morgan fingerprint density at radius 2 is 1.67 bits per heavy atom. The van der Waals surface area contributed by atoms with E-state index in [4.69, 9.17) is 9.47 Å². The molecule has 0 saturated heterocycles. The fourth-order valence-corrected chi connectivity index (χ4v) is 2.71. The average Bonchev–Trinajstić information content (AvgIpc) is 3.00. The van der Waals surface area contributed by atoms with Crippen molar-refractivity contribution in [2.24, 2.45) is 0 Å². The second-order valence-electron chi connectivity index (χ2n) is 6.05. The lowest BCUT2D eigenvalue weighted by molar-refractivity contribution is 0.102. The fraction of sp³-hybridized carbons (Fsp3) is 0.263. The maximum atomic E-state index is 12.8. The first-order chi connectivity index (χ1) is 12.9. The van der Waals surface area contributed by atoms with Crippen LogP contribution in [0.5, 0.6) is 11.5 Å². The topological polar surface area (TPSA) is 91.2 Å². The number of amides is 1. The number of ether oxygens (including phenoxy) is 2. The maximum absolute atomic E-state index is 12.8. The van der Waals surface area contributed by atoms with E-state index in [0.29, 0.717) is 28.8 Å². The number of hydrogen-bond donors (Lipinski definition) is 1. The monoisotopic (exact) mass is 367 g/mol. The highest BCUT2D eigenvalue weighted by molar-refractivity contribution is 6.06. The van der Waals surface area contributed by atoms with Gasteiger partial charge in [-0.2, -0.15) is 9.78 Å². The molecule has 0 aliphatic rings. The van der Waals surface area contributed by atoms with Crippen LogP contribution in [-0.2, 0) is 0 Å². The normalized spacial score (nSPS) is 10.6. The van der Waals surface area contributed by atoms with E-state index < -0.39 is 0 Å². The Bertz CT molecular complexity index is 977. The summed E-state index contributed by atoms with van der Waals surface area (Å²) in [5.41, 5.74) is 2.75. The van der Waals surface area contributed by atoms with Gasteiger partial charge in [-0.25, -0.2) is 9.97 Å². The van der Waals surface area contributed by atoms with Crippen LogP contribution in [0.4, 0.5) is 5.82 Å². The van der Waals surface area contributed by atoms with E-state index >= 15 is 0 Å². The van der Waals surface area contributed by atoms with E-state index in [2.05, 4.69) is 20.4 Å². The van der Waals surface area contributed by atoms with E-state index in [9.17, 15) is 4.79 Å². The smallest absolute Gasteiger partial charge is 0.260 e. The minimum atomic E-state index is -0.333. The third kappa shape index (κ3) is 3.89. The molecule has 0 spiro atoms. The molecule has 140 valence electrons. The van der Waals surface area contributed by atoms with Crippen LogP contribution in [0.3, 0.4) is 0 Å². The number of hydrogen-bond acceptors (Lipinski definition) is 6. The van der Waals surface area contributed by atoms with Gasteiger partial charge in [-0.3, -0.25) is 4.79 Å². The van der Waals surface area contributed by atoms with Gasteiger partial charge in [0.25, 0.3) is 11.9 Å². The van der Waals surface area contributed by atoms with Gasteiger partial charge in [0.05, 0.1) is 25.5 Å². The second-order valence-corrected chi connectivity index (χ2v) is 6.05. The summed E-state index contributed by atoms with van der Waals surface area (Å²) in [5.74, 6) is 1.56.